The summed E-state index contributed by atoms with van der Waals surface area (Å²) < 4.78 is 17.2. The molecular formula is C14H15FO4. The molecular weight excluding hydrogens is 251 g/mol. The van der Waals surface area contributed by atoms with Gasteiger partial charge in [0.05, 0.1) is 13.0 Å². The SMILES string of the molecule is CCOC(=O)C(=O)CC(=O)CCc1ccc(F)cc1. The molecule has 0 bridgehead atoms. The summed E-state index contributed by atoms with van der Waals surface area (Å²) in [5.74, 6) is -2.47. The van der Waals surface area contributed by atoms with Gasteiger partial charge >= 0.3 is 5.97 Å². The van der Waals surface area contributed by atoms with E-state index in [1.165, 1.54) is 12.1 Å². The summed E-state index contributed by atoms with van der Waals surface area (Å²) in [6, 6.07) is 5.78. The van der Waals surface area contributed by atoms with Crippen LogP contribution in [0.5, 0.6) is 0 Å². The first-order valence-corrected chi connectivity index (χ1v) is 5.99. The molecule has 0 saturated carbocycles. The van der Waals surface area contributed by atoms with E-state index < -0.39 is 18.2 Å². The predicted molar refractivity (Wildman–Crippen MR) is 66.0 cm³/mol. The molecule has 0 radical (unpaired) electrons. The quantitative estimate of drug-likeness (QED) is 0.429. The molecule has 0 aliphatic carbocycles. The minimum atomic E-state index is -0.974. The van der Waals surface area contributed by atoms with E-state index in [2.05, 4.69) is 4.74 Å². The number of rotatable bonds is 7. The molecule has 0 heterocycles. The maximum atomic E-state index is 12.7. The summed E-state index contributed by atoms with van der Waals surface area (Å²) in [4.78, 5) is 33.8. The second-order valence-electron chi connectivity index (χ2n) is 3.99. The lowest BCUT2D eigenvalue weighted by atomic mass is 10.0. The number of ketones is 2. The monoisotopic (exact) mass is 266 g/mol. The van der Waals surface area contributed by atoms with Crippen molar-refractivity contribution in [2.24, 2.45) is 0 Å². The molecule has 0 saturated heterocycles. The Hall–Kier alpha value is -2.04. The van der Waals surface area contributed by atoms with Crippen LogP contribution in [-0.4, -0.2) is 24.1 Å². The predicted octanol–water partition coefficient (Wildman–Crippen LogP) is 1.85. The van der Waals surface area contributed by atoms with E-state index in [0.717, 1.165) is 5.56 Å². The molecule has 1 aromatic carbocycles. The standard InChI is InChI=1S/C14H15FO4/c1-2-19-14(18)13(17)9-12(16)8-5-10-3-6-11(15)7-4-10/h3-4,6-7H,2,5,8-9H2,1H3. The lowest BCUT2D eigenvalue weighted by Crippen LogP contribution is -2.20. The highest BCUT2D eigenvalue weighted by molar-refractivity contribution is 6.37. The Morgan fingerprint density at radius 2 is 1.79 bits per heavy atom. The van der Waals surface area contributed by atoms with Gasteiger partial charge in [-0.1, -0.05) is 12.1 Å². The van der Waals surface area contributed by atoms with Crippen LogP contribution in [-0.2, 0) is 25.5 Å². The molecule has 5 heteroatoms. The van der Waals surface area contributed by atoms with Gasteiger partial charge in [-0.05, 0) is 31.0 Å². The fraction of sp³-hybridized carbons (Fsp3) is 0.357. The van der Waals surface area contributed by atoms with Gasteiger partial charge in [0, 0.05) is 6.42 Å². The molecule has 0 aliphatic heterocycles. The van der Waals surface area contributed by atoms with Gasteiger partial charge in [-0.3, -0.25) is 9.59 Å². The molecule has 0 amide bonds. The maximum absolute atomic E-state index is 12.7. The van der Waals surface area contributed by atoms with Crippen LogP contribution in [0.4, 0.5) is 4.39 Å². The number of halogens is 1. The topological polar surface area (TPSA) is 60.4 Å². The van der Waals surface area contributed by atoms with Gasteiger partial charge in [0.2, 0.25) is 5.78 Å². The molecule has 0 N–H and O–H groups in total. The van der Waals surface area contributed by atoms with Gasteiger partial charge in [0.15, 0.2) is 0 Å². The van der Waals surface area contributed by atoms with Gasteiger partial charge in [-0.2, -0.15) is 0 Å². The number of hydrogen-bond acceptors (Lipinski definition) is 4. The zero-order chi connectivity index (χ0) is 14.3. The fourth-order valence-corrected chi connectivity index (χ4v) is 1.49. The number of carbonyl (C=O) groups is 3. The second kappa shape index (κ2) is 7.41. The molecule has 102 valence electrons. The van der Waals surface area contributed by atoms with Crippen molar-refractivity contribution in [3.05, 3.63) is 35.6 Å². The number of Topliss-reactive ketones (excluding diaryl/α,β-unsaturated/α-hetero) is 2. The molecule has 1 rings (SSSR count). The van der Waals surface area contributed by atoms with Gasteiger partial charge in [-0.15, -0.1) is 0 Å². The minimum absolute atomic E-state index is 0.105. The lowest BCUT2D eigenvalue weighted by Gasteiger charge is -2.02. The maximum Gasteiger partial charge on any atom is 0.375 e. The number of carbonyl (C=O) groups excluding carboxylic acids is 3. The highest BCUT2D eigenvalue weighted by atomic mass is 19.1. The van der Waals surface area contributed by atoms with E-state index in [0.29, 0.717) is 6.42 Å². The molecule has 19 heavy (non-hydrogen) atoms. The fourth-order valence-electron chi connectivity index (χ4n) is 1.49. The Labute approximate surface area is 110 Å². The Balaban J connectivity index is 2.37. The van der Waals surface area contributed by atoms with Crippen LogP contribution >= 0.6 is 0 Å². The third-order valence-corrected chi connectivity index (χ3v) is 2.47. The average molecular weight is 266 g/mol. The van der Waals surface area contributed by atoms with Crippen molar-refractivity contribution in [1.82, 2.24) is 0 Å². The summed E-state index contributed by atoms with van der Waals surface area (Å²) in [5, 5.41) is 0. The van der Waals surface area contributed by atoms with Crippen LogP contribution in [0.25, 0.3) is 0 Å². The Morgan fingerprint density at radius 3 is 2.37 bits per heavy atom. The lowest BCUT2D eigenvalue weighted by molar-refractivity contribution is -0.154. The zero-order valence-corrected chi connectivity index (χ0v) is 10.6. The molecule has 0 atom stereocenters. The second-order valence-corrected chi connectivity index (χ2v) is 3.99. The average Bonchev–Trinajstić information content (AvgIpc) is 2.38. The summed E-state index contributed by atoms with van der Waals surface area (Å²) >= 11 is 0. The summed E-state index contributed by atoms with van der Waals surface area (Å²) in [6.07, 6.45) is 0.103. The van der Waals surface area contributed by atoms with E-state index in [1.807, 2.05) is 0 Å². The van der Waals surface area contributed by atoms with Gasteiger partial charge < -0.3 is 4.74 Å². The minimum Gasteiger partial charge on any atom is -0.460 e. The van der Waals surface area contributed by atoms with Gasteiger partial charge in [-0.25, -0.2) is 9.18 Å². The van der Waals surface area contributed by atoms with Crippen molar-refractivity contribution in [1.29, 1.82) is 0 Å². The Morgan fingerprint density at radius 1 is 1.16 bits per heavy atom. The van der Waals surface area contributed by atoms with Crippen molar-refractivity contribution < 1.29 is 23.5 Å². The number of esters is 1. The molecule has 0 unspecified atom stereocenters. The largest absolute Gasteiger partial charge is 0.460 e. The number of benzene rings is 1. The summed E-state index contributed by atoms with van der Waals surface area (Å²) in [7, 11) is 0. The first kappa shape index (κ1) is 15.0. The molecule has 0 aromatic heterocycles. The van der Waals surface area contributed by atoms with Gasteiger partial charge in [0.25, 0.3) is 0 Å². The highest BCUT2D eigenvalue weighted by Crippen LogP contribution is 2.07. The van der Waals surface area contributed by atoms with Crippen LogP contribution in [0.1, 0.15) is 25.3 Å². The zero-order valence-electron chi connectivity index (χ0n) is 10.6. The first-order valence-electron chi connectivity index (χ1n) is 5.99. The van der Waals surface area contributed by atoms with E-state index in [9.17, 15) is 18.8 Å². The Kier molecular flexibility index (Phi) is 5.85. The molecule has 4 nitrogen and oxygen atoms in total. The van der Waals surface area contributed by atoms with Crippen molar-refractivity contribution >= 4 is 17.5 Å². The summed E-state index contributed by atoms with van der Waals surface area (Å²) in [5.41, 5.74) is 0.804. The van der Waals surface area contributed by atoms with E-state index >= 15 is 0 Å². The van der Waals surface area contributed by atoms with E-state index in [1.54, 1.807) is 19.1 Å². The van der Waals surface area contributed by atoms with Crippen LogP contribution in [0, 0.1) is 5.82 Å². The third-order valence-electron chi connectivity index (χ3n) is 2.47. The van der Waals surface area contributed by atoms with Crippen LogP contribution < -0.4 is 0 Å². The van der Waals surface area contributed by atoms with Crippen LogP contribution in [0.2, 0.25) is 0 Å². The third kappa shape index (κ3) is 5.42. The van der Waals surface area contributed by atoms with E-state index in [-0.39, 0.29) is 24.6 Å². The summed E-state index contributed by atoms with van der Waals surface area (Å²) in [6.45, 7) is 1.69. The molecule has 0 aliphatic rings. The first-order chi connectivity index (χ1) is 9.02. The van der Waals surface area contributed by atoms with Crippen molar-refractivity contribution in [3.63, 3.8) is 0 Å². The highest BCUT2D eigenvalue weighted by Gasteiger charge is 2.18. The van der Waals surface area contributed by atoms with Crippen LogP contribution in [0.3, 0.4) is 0 Å². The smallest absolute Gasteiger partial charge is 0.375 e. The number of aryl methyl sites for hydroxylation is 1. The Bertz CT molecular complexity index is 465. The number of hydrogen-bond donors (Lipinski definition) is 0. The van der Waals surface area contributed by atoms with Crippen molar-refractivity contribution in [2.45, 2.75) is 26.2 Å². The van der Waals surface area contributed by atoms with E-state index in [4.69, 9.17) is 0 Å². The number of ether oxygens (including phenoxy) is 1. The van der Waals surface area contributed by atoms with Crippen molar-refractivity contribution in [3.8, 4) is 0 Å². The normalized spacial score (nSPS) is 10.0. The van der Waals surface area contributed by atoms with Gasteiger partial charge in [0.1, 0.15) is 11.6 Å². The molecule has 0 fully saturated rings. The molecule has 0 spiro atoms. The van der Waals surface area contributed by atoms with Crippen molar-refractivity contribution in [2.75, 3.05) is 6.61 Å². The molecule has 1 aromatic rings. The van der Waals surface area contributed by atoms with Crippen LogP contribution in [0.15, 0.2) is 24.3 Å².